The average molecular weight is 429 g/mol. The number of amides is 1. The molecule has 134 valence electrons. The van der Waals surface area contributed by atoms with Gasteiger partial charge >= 0.3 is 0 Å². The predicted molar refractivity (Wildman–Crippen MR) is 101 cm³/mol. The van der Waals surface area contributed by atoms with Crippen LogP contribution in [0.3, 0.4) is 0 Å². The lowest BCUT2D eigenvalue weighted by Gasteiger charge is -2.05. The van der Waals surface area contributed by atoms with Gasteiger partial charge in [-0.1, -0.05) is 22.0 Å². The van der Waals surface area contributed by atoms with Crippen molar-refractivity contribution in [2.24, 2.45) is 0 Å². The van der Waals surface area contributed by atoms with Gasteiger partial charge in [0.15, 0.2) is 5.58 Å². The molecular formula is C20H11BrF2N2O2. The molecule has 1 heterocycles. The number of halogens is 3. The molecule has 0 radical (unpaired) electrons. The summed E-state index contributed by atoms with van der Waals surface area (Å²) in [7, 11) is 0. The minimum atomic E-state index is -0.760. The molecule has 4 aromatic rings. The fourth-order valence-corrected chi connectivity index (χ4v) is 3.02. The van der Waals surface area contributed by atoms with E-state index in [9.17, 15) is 13.6 Å². The summed E-state index contributed by atoms with van der Waals surface area (Å²) in [6.07, 6.45) is 0. The molecule has 4 nitrogen and oxygen atoms in total. The topological polar surface area (TPSA) is 55.1 Å². The van der Waals surface area contributed by atoms with E-state index >= 15 is 0 Å². The lowest BCUT2D eigenvalue weighted by Crippen LogP contribution is -2.11. The minimum absolute atomic E-state index is 0.0398. The Labute approximate surface area is 161 Å². The molecule has 3 aromatic carbocycles. The van der Waals surface area contributed by atoms with Crippen LogP contribution in [0.4, 0.5) is 14.5 Å². The van der Waals surface area contributed by atoms with Gasteiger partial charge in [0.25, 0.3) is 5.91 Å². The number of carbonyl (C=O) groups excluding carboxylic acids is 1. The van der Waals surface area contributed by atoms with Crippen LogP contribution in [0, 0.1) is 11.6 Å². The van der Waals surface area contributed by atoms with Crippen molar-refractivity contribution in [2.75, 3.05) is 5.32 Å². The zero-order valence-corrected chi connectivity index (χ0v) is 15.3. The summed E-state index contributed by atoms with van der Waals surface area (Å²) >= 11 is 3.33. The maximum absolute atomic E-state index is 13.9. The maximum Gasteiger partial charge on any atom is 0.255 e. The van der Waals surface area contributed by atoms with Crippen molar-refractivity contribution >= 4 is 38.6 Å². The molecule has 0 bridgehead atoms. The van der Waals surface area contributed by atoms with E-state index in [0.717, 1.165) is 16.6 Å². The van der Waals surface area contributed by atoms with E-state index in [2.05, 4.69) is 26.2 Å². The normalized spacial score (nSPS) is 10.9. The number of hydrogen-bond donors (Lipinski definition) is 1. The van der Waals surface area contributed by atoms with Crippen LogP contribution in [0.1, 0.15) is 10.4 Å². The molecule has 0 fully saturated rings. The summed E-state index contributed by atoms with van der Waals surface area (Å²) in [6, 6.07) is 15.1. The van der Waals surface area contributed by atoms with Gasteiger partial charge in [-0.25, -0.2) is 13.8 Å². The molecule has 7 heteroatoms. The Balaban J connectivity index is 1.64. The first-order valence-corrected chi connectivity index (χ1v) is 8.72. The van der Waals surface area contributed by atoms with Gasteiger partial charge in [0.2, 0.25) is 5.89 Å². The number of carbonyl (C=O) groups is 1. The molecule has 0 unspecified atom stereocenters. The van der Waals surface area contributed by atoms with E-state index in [4.69, 9.17) is 4.42 Å². The third kappa shape index (κ3) is 3.59. The summed E-state index contributed by atoms with van der Waals surface area (Å²) in [4.78, 5) is 16.6. The number of rotatable bonds is 3. The molecule has 1 aromatic heterocycles. The highest BCUT2D eigenvalue weighted by Crippen LogP contribution is 2.28. The second-order valence-electron chi connectivity index (χ2n) is 5.79. The standard InChI is InChI=1S/C20H11BrF2N2O2/c21-12-3-1-2-11(8-12)19(26)24-14-5-7-18-17(10-14)25-20(27-18)15-6-4-13(22)9-16(15)23/h1-10H,(H,24,26). The Morgan fingerprint density at radius 2 is 1.89 bits per heavy atom. The number of benzene rings is 3. The molecule has 0 aliphatic rings. The molecule has 0 aliphatic carbocycles. The van der Waals surface area contributed by atoms with Crippen LogP contribution >= 0.6 is 15.9 Å². The summed E-state index contributed by atoms with van der Waals surface area (Å²) in [5, 5.41) is 2.78. The molecular weight excluding hydrogens is 418 g/mol. The van der Waals surface area contributed by atoms with Gasteiger partial charge in [-0.15, -0.1) is 0 Å². The zero-order chi connectivity index (χ0) is 19.0. The highest BCUT2D eigenvalue weighted by atomic mass is 79.9. The molecule has 0 saturated carbocycles. The molecule has 0 atom stereocenters. The predicted octanol–water partition coefficient (Wildman–Crippen LogP) is 5.79. The molecule has 4 rings (SSSR count). The fraction of sp³-hybridized carbons (Fsp3) is 0. The number of oxazole rings is 1. The van der Waals surface area contributed by atoms with E-state index in [-0.39, 0.29) is 17.4 Å². The summed E-state index contributed by atoms with van der Waals surface area (Å²) in [6.45, 7) is 0. The fourth-order valence-electron chi connectivity index (χ4n) is 2.62. The van der Waals surface area contributed by atoms with Crippen LogP contribution in [-0.2, 0) is 0 Å². The molecule has 1 N–H and O–H groups in total. The van der Waals surface area contributed by atoms with E-state index in [1.807, 2.05) is 6.07 Å². The van der Waals surface area contributed by atoms with Crippen molar-refractivity contribution in [3.8, 4) is 11.5 Å². The van der Waals surface area contributed by atoms with Gasteiger partial charge in [0, 0.05) is 21.8 Å². The highest BCUT2D eigenvalue weighted by Gasteiger charge is 2.14. The molecule has 0 aliphatic heterocycles. The highest BCUT2D eigenvalue weighted by molar-refractivity contribution is 9.10. The Bertz CT molecular complexity index is 1170. The van der Waals surface area contributed by atoms with Gasteiger partial charge in [-0.2, -0.15) is 0 Å². The third-order valence-corrected chi connectivity index (χ3v) is 4.39. The van der Waals surface area contributed by atoms with E-state index < -0.39 is 11.6 Å². The smallest absolute Gasteiger partial charge is 0.255 e. The second-order valence-corrected chi connectivity index (χ2v) is 6.71. The van der Waals surface area contributed by atoms with E-state index in [1.54, 1.807) is 36.4 Å². The Morgan fingerprint density at radius 1 is 1.04 bits per heavy atom. The molecule has 1 amide bonds. The summed E-state index contributed by atoms with van der Waals surface area (Å²) in [5.74, 6) is -1.67. The summed E-state index contributed by atoms with van der Waals surface area (Å²) < 4.78 is 33.4. The summed E-state index contributed by atoms with van der Waals surface area (Å²) in [5.41, 5.74) is 1.95. The number of hydrogen-bond acceptors (Lipinski definition) is 3. The number of nitrogens with zero attached hydrogens (tertiary/aromatic N) is 1. The van der Waals surface area contributed by atoms with Crippen LogP contribution in [0.2, 0.25) is 0 Å². The van der Waals surface area contributed by atoms with Crippen LogP contribution < -0.4 is 5.32 Å². The van der Waals surface area contributed by atoms with Crippen LogP contribution in [0.5, 0.6) is 0 Å². The zero-order valence-electron chi connectivity index (χ0n) is 13.7. The van der Waals surface area contributed by atoms with Crippen molar-refractivity contribution in [1.82, 2.24) is 4.98 Å². The second kappa shape index (κ2) is 6.92. The van der Waals surface area contributed by atoms with Crippen molar-refractivity contribution in [2.45, 2.75) is 0 Å². The minimum Gasteiger partial charge on any atom is -0.436 e. The van der Waals surface area contributed by atoms with Crippen LogP contribution in [-0.4, -0.2) is 10.9 Å². The van der Waals surface area contributed by atoms with Crippen LogP contribution in [0.25, 0.3) is 22.6 Å². The number of fused-ring (bicyclic) bond motifs is 1. The van der Waals surface area contributed by atoms with Crippen LogP contribution in [0.15, 0.2) is 69.6 Å². The quantitative estimate of drug-likeness (QED) is 0.449. The first-order chi connectivity index (χ1) is 13.0. The van der Waals surface area contributed by atoms with Crippen molar-refractivity contribution < 1.29 is 18.0 Å². The largest absolute Gasteiger partial charge is 0.436 e. The van der Waals surface area contributed by atoms with Gasteiger partial charge < -0.3 is 9.73 Å². The monoisotopic (exact) mass is 428 g/mol. The number of anilines is 1. The SMILES string of the molecule is O=C(Nc1ccc2oc(-c3ccc(F)cc3F)nc2c1)c1cccc(Br)c1. The van der Waals surface area contributed by atoms with Gasteiger partial charge in [0.05, 0.1) is 5.56 Å². The van der Waals surface area contributed by atoms with Crippen molar-refractivity contribution in [1.29, 1.82) is 0 Å². The first kappa shape index (κ1) is 17.4. The average Bonchev–Trinajstić information content (AvgIpc) is 3.04. The van der Waals surface area contributed by atoms with Crippen molar-refractivity contribution in [3.05, 3.63) is 82.3 Å². The van der Waals surface area contributed by atoms with Gasteiger partial charge in [-0.05, 0) is 48.5 Å². The number of aromatic nitrogens is 1. The Morgan fingerprint density at radius 3 is 2.67 bits per heavy atom. The first-order valence-electron chi connectivity index (χ1n) is 7.92. The van der Waals surface area contributed by atoms with Gasteiger partial charge in [-0.3, -0.25) is 4.79 Å². The molecule has 27 heavy (non-hydrogen) atoms. The lowest BCUT2D eigenvalue weighted by molar-refractivity contribution is 0.102. The van der Waals surface area contributed by atoms with E-state index in [0.29, 0.717) is 22.4 Å². The third-order valence-electron chi connectivity index (χ3n) is 3.89. The maximum atomic E-state index is 13.9. The number of nitrogens with one attached hydrogen (secondary N) is 1. The van der Waals surface area contributed by atoms with E-state index in [1.165, 1.54) is 6.07 Å². The lowest BCUT2D eigenvalue weighted by atomic mass is 10.2. The Kier molecular flexibility index (Phi) is 4.45. The Hall–Kier alpha value is -3.06. The van der Waals surface area contributed by atoms with Crippen molar-refractivity contribution in [3.63, 3.8) is 0 Å². The molecule has 0 spiro atoms. The molecule has 0 saturated heterocycles. The van der Waals surface area contributed by atoms with Gasteiger partial charge in [0.1, 0.15) is 17.2 Å².